The van der Waals surface area contributed by atoms with E-state index in [0.29, 0.717) is 16.5 Å². The number of nitrogens with zero attached hydrogens (tertiary/aromatic N) is 1. The van der Waals surface area contributed by atoms with Gasteiger partial charge in [-0.15, -0.1) is 0 Å². The highest BCUT2D eigenvalue weighted by Crippen LogP contribution is 2.43. The smallest absolute Gasteiger partial charge is 0.410 e. The topological polar surface area (TPSA) is 136 Å². The van der Waals surface area contributed by atoms with E-state index < -0.39 is 66.2 Å². The van der Waals surface area contributed by atoms with Crippen molar-refractivity contribution in [3.05, 3.63) is 71.7 Å². The third-order valence-electron chi connectivity index (χ3n) is 8.77. The molecule has 4 atom stereocenters. The van der Waals surface area contributed by atoms with E-state index >= 15 is 0 Å². The predicted octanol–water partition coefficient (Wildman–Crippen LogP) is 6.67. The molecule has 0 spiro atoms. The van der Waals surface area contributed by atoms with Crippen molar-refractivity contribution in [1.29, 1.82) is 0 Å². The Morgan fingerprint density at radius 1 is 1.08 bits per heavy atom. The number of aromatic nitrogens is 1. The van der Waals surface area contributed by atoms with Crippen molar-refractivity contribution in [2.45, 2.75) is 96.1 Å². The van der Waals surface area contributed by atoms with Crippen molar-refractivity contribution in [3.63, 3.8) is 0 Å². The fourth-order valence-corrected chi connectivity index (χ4v) is 7.53. The normalized spacial score (nSPS) is 19.7. The van der Waals surface area contributed by atoms with Crippen LogP contribution in [0.2, 0.25) is 18.1 Å². The fraction of sp³-hybridized carbons (Fsp3) is 0.529. The molecule has 1 saturated heterocycles. The van der Waals surface area contributed by atoms with Crippen molar-refractivity contribution in [3.8, 4) is 0 Å². The van der Waals surface area contributed by atoms with Crippen LogP contribution in [-0.4, -0.2) is 82.0 Å². The third-order valence-corrected chi connectivity index (χ3v) is 13.8. The molecule has 264 valence electrons. The van der Waals surface area contributed by atoms with Crippen LogP contribution in [0.15, 0.2) is 54.7 Å². The summed E-state index contributed by atoms with van der Waals surface area (Å²) in [5, 5.41) is 3.18. The van der Waals surface area contributed by atoms with Gasteiger partial charge in [-0.05, 0) is 68.2 Å². The number of nitrogens with one attached hydrogen (secondary N) is 2. The van der Waals surface area contributed by atoms with Crippen LogP contribution in [0.3, 0.4) is 0 Å². The Balaban J connectivity index is 1.82. The first-order valence-electron chi connectivity index (χ1n) is 15.9. The van der Waals surface area contributed by atoms with Crippen LogP contribution in [0.5, 0.6) is 0 Å². The fourth-order valence-electron chi connectivity index (χ4n) is 5.57. The Hall–Kier alpha value is -3.46. The Morgan fingerprint density at radius 2 is 1.75 bits per heavy atom. The number of hydrogen-bond donors (Lipinski definition) is 2. The van der Waals surface area contributed by atoms with E-state index in [0.717, 1.165) is 11.8 Å². The van der Waals surface area contributed by atoms with Gasteiger partial charge in [0.15, 0.2) is 8.32 Å². The highest BCUT2D eigenvalue weighted by molar-refractivity contribution is 7.86. The third kappa shape index (κ3) is 9.36. The lowest BCUT2D eigenvalue weighted by molar-refractivity contribution is 0.0137. The molecule has 1 fully saturated rings. The summed E-state index contributed by atoms with van der Waals surface area (Å²) in [6.07, 6.45) is -0.831. The number of amides is 2. The summed E-state index contributed by atoms with van der Waals surface area (Å²) < 4.78 is 63.8. The number of aromatic amines is 1. The lowest BCUT2D eigenvalue weighted by Crippen LogP contribution is -2.51. The number of carbonyl (C=O) groups excluding carboxylic acids is 2. The quantitative estimate of drug-likeness (QED) is 0.176. The van der Waals surface area contributed by atoms with Gasteiger partial charge in [-0.2, -0.15) is 8.42 Å². The summed E-state index contributed by atoms with van der Waals surface area (Å²) in [5.41, 5.74) is 1.00. The van der Waals surface area contributed by atoms with E-state index in [2.05, 4.69) is 31.1 Å². The van der Waals surface area contributed by atoms with Crippen LogP contribution in [0, 0.1) is 5.82 Å². The summed E-state index contributed by atoms with van der Waals surface area (Å²) >= 11 is 0. The van der Waals surface area contributed by atoms with Crippen LogP contribution >= 0.6 is 0 Å². The number of ether oxygens (including phenoxy) is 2. The molecule has 3 unspecified atom stereocenters. The first-order chi connectivity index (χ1) is 22.1. The van der Waals surface area contributed by atoms with Crippen molar-refractivity contribution < 1.29 is 40.5 Å². The molecule has 1 aromatic heterocycles. The molecule has 0 saturated carbocycles. The summed E-state index contributed by atoms with van der Waals surface area (Å²) in [7, 11) is -6.63. The van der Waals surface area contributed by atoms with Gasteiger partial charge in [0.05, 0.1) is 24.9 Å². The highest BCUT2D eigenvalue weighted by atomic mass is 32.2. The lowest BCUT2D eigenvalue weighted by Gasteiger charge is -2.39. The number of rotatable bonds is 10. The maximum atomic E-state index is 14.2. The standard InChI is InChI=1S/C34H48FN3O8SSi/c1-33(2,3)44-32(40)38-20-28(46-48(8,9)34(4,5)6)30(45-47(7,41)42)29(38)26(25-18-36-27-17-23(35)15-16-24(25)27)19-37-31(39)43-21-22-13-11-10-12-14-22/h10-18,26,28-30,36H,19-21H2,1-9H3,(H,37,39)/t26-,28?,29?,30?/m1/s1. The monoisotopic (exact) mass is 705 g/mol. The number of benzene rings is 2. The van der Waals surface area contributed by atoms with Gasteiger partial charge in [-0.25, -0.2) is 14.0 Å². The van der Waals surface area contributed by atoms with Crippen LogP contribution in [0.1, 0.15) is 58.6 Å². The zero-order valence-electron chi connectivity index (χ0n) is 29.1. The van der Waals surface area contributed by atoms with Gasteiger partial charge in [0.2, 0.25) is 0 Å². The average Bonchev–Trinajstić information content (AvgIpc) is 3.51. The number of hydrogen-bond acceptors (Lipinski definition) is 8. The SMILES string of the molecule is CC(C)(C)OC(=O)N1CC(O[Si](C)(C)C(C)(C)C)C(OS(C)(=O)=O)C1[C@H](CNC(=O)OCc1ccccc1)c1c[nH]c2cc(F)ccc12. The number of H-pyrrole nitrogens is 1. The maximum absolute atomic E-state index is 14.2. The van der Waals surface area contributed by atoms with Gasteiger partial charge in [0.25, 0.3) is 10.1 Å². The van der Waals surface area contributed by atoms with Gasteiger partial charge in [-0.1, -0.05) is 51.1 Å². The minimum Gasteiger partial charge on any atom is -0.445 e. The summed E-state index contributed by atoms with van der Waals surface area (Å²) in [4.78, 5) is 31.5. The van der Waals surface area contributed by atoms with Crippen LogP contribution in [0.4, 0.5) is 14.0 Å². The van der Waals surface area contributed by atoms with Gasteiger partial charge >= 0.3 is 12.2 Å². The molecule has 0 radical (unpaired) electrons. The molecule has 0 bridgehead atoms. The average molecular weight is 706 g/mol. The second-order valence-electron chi connectivity index (χ2n) is 14.8. The molecule has 2 aromatic carbocycles. The molecule has 0 aliphatic carbocycles. The van der Waals surface area contributed by atoms with Gasteiger partial charge < -0.3 is 24.2 Å². The van der Waals surface area contributed by atoms with Crippen molar-refractivity contribution in [2.75, 3.05) is 19.3 Å². The molecule has 14 heteroatoms. The van der Waals surface area contributed by atoms with E-state index in [-0.39, 0.29) is 24.7 Å². The van der Waals surface area contributed by atoms with E-state index in [4.69, 9.17) is 18.1 Å². The van der Waals surface area contributed by atoms with E-state index in [1.165, 1.54) is 17.0 Å². The Kier molecular flexibility index (Phi) is 11.0. The van der Waals surface area contributed by atoms with Crippen LogP contribution in [0.25, 0.3) is 10.9 Å². The molecular weight excluding hydrogens is 658 g/mol. The highest BCUT2D eigenvalue weighted by Gasteiger charge is 2.54. The number of fused-ring (bicyclic) bond motifs is 1. The van der Waals surface area contributed by atoms with E-state index in [9.17, 15) is 22.4 Å². The Labute approximate surface area is 283 Å². The molecule has 11 nitrogen and oxygen atoms in total. The molecule has 4 rings (SSSR count). The molecule has 2 heterocycles. The minimum absolute atomic E-state index is 0.0272. The number of halogens is 1. The van der Waals surface area contributed by atoms with E-state index in [1.54, 1.807) is 33.0 Å². The zero-order valence-corrected chi connectivity index (χ0v) is 30.9. The molecular formula is C34H48FN3O8SSi. The van der Waals surface area contributed by atoms with Crippen molar-refractivity contribution >= 4 is 41.5 Å². The zero-order chi connectivity index (χ0) is 35.7. The minimum atomic E-state index is -4.08. The van der Waals surface area contributed by atoms with E-state index in [1.807, 2.05) is 43.4 Å². The van der Waals surface area contributed by atoms with Crippen molar-refractivity contribution in [2.24, 2.45) is 0 Å². The summed E-state index contributed by atoms with van der Waals surface area (Å²) in [6, 6.07) is 12.4. The second kappa shape index (κ2) is 14.2. The molecule has 48 heavy (non-hydrogen) atoms. The predicted molar refractivity (Wildman–Crippen MR) is 184 cm³/mol. The van der Waals surface area contributed by atoms with Crippen LogP contribution in [-0.2, 0) is 34.8 Å². The Morgan fingerprint density at radius 3 is 2.35 bits per heavy atom. The van der Waals surface area contributed by atoms with Crippen LogP contribution < -0.4 is 5.32 Å². The molecule has 2 N–H and O–H groups in total. The van der Waals surface area contributed by atoms with Gasteiger partial charge in [0, 0.05) is 29.6 Å². The molecule has 2 amide bonds. The first kappa shape index (κ1) is 37.4. The van der Waals surface area contributed by atoms with Crippen molar-refractivity contribution in [1.82, 2.24) is 15.2 Å². The summed E-state index contributed by atoms with van der Waals surface area (Å²) in [6.45, 7) is 15.3. The number of alkyl carbamates (subject to hydrolysis) is 1. The largest absolute Gasteiger partial charge is 0.445 e. The van der Waals surface area contributed by atoms with Gasteiger partial charge in [-0.3, -0.25) is 9.08 Å². The summed E-state index contributed by atoms with van der Waals surface area (Å²) in [5.74, 6) is -1.24. The molecule has 3 aromatic rings. The lowest BCUT2D eigenvalue weighted by atomic mass is 9.87. The number of likely N-dealkylation sites (tertiary alicyclic amines) is 1. The first-order valence-corrected chi connectivity index (χ1v) is 20.6. The second-order valence-corrected chi connectivity index (χ2v) is 21.1. The maximum Gasteiger partial charge on any atom is 0.410 e. The molecule has 1 aliphatic heterocycles. The Bertz CT molecular complexity index is 1700. The molecule has 1 aliphatic rings. The number of carbonyl (C=O) groups is 2. The van der Waals surface area contributed by atoms with Gasteiger partial charge in [0.1, 0.15) is 24.1 Å².